The first-order valence-corrected chi connectivity index (χ1v) is 8.94. The molecule has 0 bridgehead atoms. The minimum atomic E-state index is -0.0734. The molecule has 7 nitrogen and oxygen atoms in total. The maximum absolute atomic E-state index is 12.1. The molecule has 0 aliphatic rings. The number of pyridine rings is 1. The number of nitrogens with one attached hydrogen (secondary N) is 2. The lowest BCUT2D eigenvalue weighted by molar-refractivity contribution is 0.0823. The maximum atomic E-state index is 12.1. The van der Waals surface area contributed by atoms with E-state index in [2.05, 4.69) is 25.3 Å². The van der Waals surface area contributed by atoms with E-state index in [9.17, 15) is 4.79 Å². The van der Waals surface area contributed by atoms with Crippen LogP contribution in [0.3, 0.4) is 0 Å². The molecule has 8 heteroatoms. The quantitative estimate of drug-likeness (QED) is 0.545. The first kappa shape index (κ1) is 17.9. The van der Waals surface area contributed by atoms with Crippen LogP contribution in [0.2, 0.25) is 5.02 Å². The number of rotatable bonds is 4. The summed E-state index contributed by atoms with van der Waals surface area (Å²) in [6.45, 7) is 0. The summed E-state index contributed by atoms with van der Waals surface area (Å²) in [5, 5.41) is 4.71. The molecule has 0 saturated carbocycles. The zero-order valence-electron chi connectivity index (χ0n) is 15.3. The first-order chi connectivity index (χ1) is 13.5. The number of carbonyl (C=O) groups is 1. The topological polar surface area (TPSA) is 86.8 Å². The second-order valence-corrected chi connectivity index (χ2v) is 6.87. The number of halogens is 1. The molecule has 0 atom stereocenters. The van der Waals surface area contributed by atoms with E-state index in [4.69, 9.17) is 11.6 Å². The Morgan fingerprint density at radius 1 is 1.04 bits per heavy atom. The van der Waals surface area contributed by atoms with Crippen LogP contribution in [0.5, 0.6) is 0 Å². The van der Waals surface area contributed by atoms with E-state index < -0.39 is 0 Å². The summed E-state index contributed by atoms with van der Waals surface area (Å²) in [7, 11) is 3.44. The second-order valence-electron chi connectivity index (χ2n) is 6.43. The highest BCUT2D eigenvalue weighted by Gasteiger charge is 2.12. The number of benzene rings is 1. The zero-order chi connectivity index (χ0) is 19.7. The molecular weight excluding hydrogens is 376 g/mol. The van der Waals surface area contributed by atoms with Crippen LogP contribution in [-0.2, 0) is 0 Å². The predicted octanol–water partition coefficient (Wildman–Crippen LogP) is 4.12. The summed E-state index contributed by atoms with van der Waals surface area (Å²) in [6, 6.07) is 12.8. The molecule has 3 aromatic heterocycles. The van der Waals surface area contributed by atoms with Gasteiger partial charge in [0.1, 0.15) is 5.69 Å². The van der Waals surface area contributed by atoms with Crippen molar-refractivity contribution >= 4 is 40.0 Å². The summed E-state index contributed by atoms with van der Waals surface area (Å²) in [5.74, 6) is 0.370. The van der Waals surface area contributed by atoms with E-state index in [0.717, 1.165) is 16.6 Å². The lowest BCUT2D eigenvalue weighted by atomic mass is 10.2. The standard InChI is InChI=1S/C20H17ClN6O/c1-27(2)19(28)18-10-12-9-14(3-4-15(12)25-18)24-20-23-8-6-16(26-20)17-11-13(21)5-7-22-17/h3-11,25H,1-2H3,(H,23,24,26). The molecule has 0 spiro atoms. The van der Waals surface area contributed by atoms with Crippen LogP contribution < -0.4 is 5.32 Å². The zero-order valence-corrected chi connectivity index (χ0v) is 16.0. The summed E-state index contributed by atoms with van der Waals surface area (Å²) in [6.07, 6.45) is 3.30. The SMILES string of the molecule is CN(C)C(=O)c1cc2cc(Nc3nccc(-c4cc(Cl)ccn4)n3)ccc2[nH]1. The van der Waals surface area contributed by atoms with Gasteiger partial charge in [-0.25, -0.2) is 9.97 Å². The largest absolute Gasteiger partial charge is 0.351 e. The molecule has 0 aliphatic heterocycles. The first-order valence-electron chi connectivity index (χ1n) is 8.56. The maximum Gasteiger partial charge on any atom is 0.269 e. The predicted molar refractivity (Wildman–Crippen MR) is 110 cm³/mol. The van der Waals surface area contributed by atoms with Crippen LogP contribution in [0.25, 0.3) is 22.3 Å². The fraction of sp³-hybridized carbons (Fsp3) is 0.100. The van der Waals surface area contributed by atoms with Gasteiger partial charge in [0.15, 0.2) is 0 Å². The number of hydrogen-bond acceptors (Lipinski definition) is 5. The molecule has 2 N–H and O–H groups in total. The van der Waals surface area contributed by atoms with Crippen molar-refractivity contribution in [2.45, 2.75) is 0 Å². The van der Waals surface area contributed by atoms with Crippen molar-refractivity contribution in [2.24, 2.45) is 0 Å². The van der Waals surface area contributed by atoms with Gasteiger partial charge in [-0.15, -0.1) is 0 Å². The molecule has 4 aromatic rings. The van der Waals surface area contributed by atoms with Crippen molar-refractivity contribution in [3.8, 4) is 11.4 Å². The molecule has 4 rings (SSSR count). The van der Waals surface area contributed by atoms with E-state index in [1.54, 1.807) is 44.7 Å². The summed E-state index contributed by atoms with van der Waals surface area (Å²) < 4.78 is 0. The number of hydrogen-bond donors (Lipinski definition) is 2. The fourth-order valence-corrected chi connectivity index (χ4v) is 2.96. The number of aromatic amines is 1. The molecule has 140 valence electrons. The van der Waals surface area contributed by atoms with Gasteiger partial charge in [0.25, 0.3) is 5.91 Å². The van der Waals surface area contributed by atoms with Crippen LogP contribution in [0, 0.1) is 0 Å². The highest BCUT2D eigenvalue weighted by molar-refractivity contribution is 6.30. The van der Waals surface area contributed by atoms with Crippen LogP contribution in [-0.4, -0.2) is 44.8 Å². The Balaban J connectivity index is 1.61. The van der Waals surface area contributed by atoms with E-state index in [1.165, 1.54) is 4.90 Å². The summed E-state index contributed by atoms with van der Waals surface area (Å²) in [4.78, 5) is 29.9. The van der Waals surface area contributed by atoms with Gasteiger partial charge in [-0.1, -0.05) is 11.6 Å². The van der Waals surface area contributed by atoms with Crippen molar-refractivity contribution < 1.29 is 4.79 Å². The lowest BCUT2D eigenvalue weighted by Crippen LogP contribution is -2.21. The Morgan fingerprint density at radius 3 is 2.64 bits per heavy atom. The van der Waals surface area contributed by atoms with E-state index in [-0.39, 0.29) is 5.91 Å². The molecule has 0 radical (unpaired) electrons. The Hall–Kier alpha value is -3.45. The highest BCUT2D eigenvalue weighted by Crippen LogP contribution is 2.24. The van der Waals surface area contributed by atoms with Gasteiger partial charge in [-0.05, 0) is 42.5 Å². The monoisotopic (exact) mass is 392 g/mol. The van der Waals surface area contributed by atoms with Gasteiger partial charge in [0.2, 0.25) is 5.95 Å². The van der Waals surface area contributed by atoms with Gasteiger partial charge in [-0.3, -0.25) is 9.78 Å². The third-order valence-corrected chi connectivity index (χ3v) is 4.39. The highest BCUT2D eigenvalue weighted by atomic mass is 35.5. The number of nitrogens with zero attached hydrogens (tertiary/aromatic N) is 4. The van der Waals surface area contributed by atoms with Crippen LogP contribution >= 0.6 is 11.6 Å². The van der Waals surface area contributed by atoms with Crippen LogP contribution in [0.15, 0.2) is 54.9 Å². The minimum Gasteiger partial charge on any atom is -0.351 e. The number of amides is 1. The minimum absolute atomic E-state index is 0.0734. The van der Waals surface area contributed by atoms with E-state index in [1.807, 2.05) is 24.3 Å². The molecule has 0 saturated heterocycles. The number of H-pyrrole nitrogens is 1. The Morgan fingerprint density at radius 2 is 1.86 bits per heavy atom. The van der Waals surface area contributed by atoms with Crippen molar-refractivity contribution in [3.63, 3.8) is 0 Å². The normalized spacial score (nSPS) is 10.8. The smallest absolute Gasteiger partial charge is 0.269 e. The van der Waals surface area contributed by atoms with Crippen LogP contribution in [0.4, 0.5) is 11.6 Å². The van der Waals surface area contributed by atoms with Crippen molar-refractivity contribution in [1.29, 1.82) is 0 Å². The molecule has 0 unspecified atom stereocenters. The van der Waals surface area contributed by atoms with Crippen molar-refractivity contribution in [1.82, 2.24) is 24.8 Å². The summed E-state index contributed by atoms with van der Waals surface area (Å²) >= 11 is 6.03. The van der Waals surface area contributed by atoms with Gasteiger partial charge in [0, 0.05) is 48.1 Å². The second kappa shape index (κ2) is 7.28. The fourth-order valence-electron chi connectivity index (χ4n) is 2.80. The lowest BCUT2D eigenvalue weighted by Gasteiger charge is -2.07. The number of carbonyl (C=O) groups excluding carboxylic acids is 1. The third-order valence-electron chi connectivity index (χ3n) is 4.15. The van der Waals surface area contributed by atoms with Crippen molar-refractivity contribution in [2.75, 3.05) is 19.4 Å². The van der Waals surface area contributed by atoms with Crippen molar-refractivity contribution in [3.05, 3.63) is 65.6 Å². The molecule has 0 aliphatic carbocycles. The Kier molecular flexibility index (Phi) is 4.67. The Bertz CT molecular complexity index is 1170. The average molecular weight is 393 g/mol. The molecular formula is C20H17ClN6O. The molecule has 0 fully saturated rings. The number of anilines is 2. The molecule has 28 heavy (non-hydrogen) atoms. The van der Waals surface area contributed by atoms with Gasteiger partial charge >= 0.3 is 0 Å². The third kappa shape index (κ3) is 3.65. The van der Waals surface area contributed by atoms with Crippen LogP contribution in [0.1, 0.15) is 10.5 Å². The van der Waals surface area contributed by atoms with Gasteiger partial charge < -0.3 is 15.2 Å². The van der Waals surface area contributed by atoms with E-state index >= 15 is 0 Å². The molecule has 1 aromatic carbocycles. The molecule has 3 heterocycles. The van der Waals surface area contributed by atoms with E-state index in [0.29, 0.717) is 28.1 Å². The average Bonchev–Trinajstić information content (AvgIpc) is 3.11. The Labute approximate surface area is 166 Å². The number of fused-ring (bicyclic) bond motifs is 1. The van der Waals surface area contributed by atoms with Gasteiger partial charge in [0.05, 0.1) is 11.4 Å². The number of aromatic nitrogens is 4. The van der Waals surface area contributed by atoms with Gasteiger partial charge in [-0.2, -0.15) is 0 Å². The summed E-state index contributed by atoms with van der Waals surface area (Å²) in [5.41, 5.74) is 3.58. The molecule has 1 amide bonds.